The first-order valence-electron chi connectivity index (χ1n) is 9.73. The van der Waals surface area contributed by atoms with Gasteiger partial charge >= 0.3 is 0 Å². The van der Waals surface area contributed by atoms with Gasteiger partial charge in [-0.3, -0.25) is 9.48 Å². The van der Waals surface area contributed by atoms with Crippen LogP contribution in [-0.4, -0.2) is 40.8 Å². The number of carbonyl (C=O) groups is 1. The van der Waals surface area contributed by atoms with Crippen molar-refractivity contribution < 1.29 is 14.3 Å². The first-order valence-corrected chi connectivity index (χ1v) is 9.73. The van der Waals surface area contributed by atoms with E-state index in [1.807, 2.05) is 68.0 Å². The van der Waals surface area contributed by atoms with Gasteiger partial charge < -0.3 is 14.4 Å². The zero-order valence-electron chi connectivity index (χ0n) is 17.0. The van der Waals surface area contributed by atoms with Crippen molar-refractivity contribution in [2.24, 2.45) is 0 Å². The molecule has 3 aromatic rings. The van der Waals surface area contributed by atoms with Crippen molar-refractivity contribution >= 4 is 5.91 Å². The summed E-state index contributed by atoms with van der Waals surface area (Å²) in [5, 5.41) is 4.51. The summed E-state index contributed by atoms with van der Waals surface area (Å²) >= 11 is 0. The lowest BCUT2D eigenvalue weighted by molar-refractivity contribution is 0.0784. The van der Waals surface area contributed by atoms with Crippen LogP contribution in [0.3, 0.4) is 0 Å². The van der Waals surface area contributed by atoms with Crippen molar-refractivity contribution in [3.05, 3.63) is 76.6 Å². The van der Waals surface area contributed by atoms with E-state index >= 15 is 0 Å². The van der Waals surface area contributed by atoms with Gasteiger partial charge in [-0.2, -0.15) is 5.10 Å². The monoisotopic (exact) mass is 391 g/mol. The molecule has 1 aliphatic rings. The number of ether oxygens (including phenoxy) is 2. The standard InChI is InChI=1S/C23H25N3O3/c1-16-11-17(2)26(24-16)15-18-5-4-6-20(12-18)23(27)25(3)14-19-7-8-21-22(13-19)29-10-9-28-21/h4-8,11-13H,9-10,14-15H2,1-3H3. The molecule has 0 radical (unpaired) electrons. The predicted octanol–water partition coefficient (Wildman–Crippen LogP) is 3.59. The van der Waals surface area contributed by atoms with E-state index in [1.54, 1.807) is 4.90 Å². The molecule has 1 aromatic heterocycles. The number of hydrogen-bond acceptors (Lipinski definition) is 4. The Bertz CT molecular complexity index is 1040. The van der Waals surface area contributed by atoms with Gasteiger partial charge in [0, 0.05) is 24.8 Å². The quantitative estimate of drug-likeness (QED) is 0.667. The van der Waals surface area contributed by atoms with Gasteiger partial charge in [0.05, 0.1) is 12.2 Å². The van der Waals surface area contributed by atoms with Crippen LogP contribution in [0.1, 0.15) is 32.9 Å². The second-order valence-corrected chi connectivity index (χ2v) is 7.42. The van der Waals surface area contributed by atoms with Gasteiger partial charge in [0.2, 0.25) is 0 Å². The molecule has 1 amide bonds. The van der Waals surface area contributed by atoms with Crippen molar-refractivity contribution in [1.82, 2.24) is 14.7 Å². The third-order valence-electron chi connectivity index (χ3n) is 4.98. The first-order chi connectivity index (χ1) is 14.0. The first kappa shape index (κ1) is 19.1. The fraction of sp³-hybridized carbons (Fsp3) is 0.304. The summed E-state index contributed by atoms with van der Waals surface area (Å²) in [4.78, 5) is 14.7. The fourth-order valence-electron chi connectivity index (χ4n) is 3.56. The van der Waals surface area contributed by atoms with Crippen molar-refractivity contribution in [2.45, 2.75) is 26.9 Å². The molecule has 0 aliphatic carbocycles. The Labute approximate surface area is 170 Å². The zero-order chi connectivity index (χ0) is 20.4. The summed E-state index contributed by atoms with van der Waals surface area (Å²) in [5.41, 5.74) is 4.83. The summed E-state index contributed by atoms with van der Waals surface area (Å²) in [6.45, 7) is 6.28. The smallest absolute Gasteiger partial charge is 0.253 e. The molecule has 6 nitrogen and oxygen atoms in total. The van der Waals surface area contributed by atoms with Crippen LogP contribution in [-0.2, 0) is 13.1 Å². The molecule has 150 valence electrons. The molecule has 0 spiro atoms. The number of fused-ring (bicyclic) bond motifs is 1. The minimum absolute atomic E-state index is 0.0184. The van der Waals surface area contributed by atoms with Crippen LogP contribution in [0.2, 0.25) is 0 Å². The van der Waals surface area contributed by atoms with Crippen molar-refractivity contribution in [3.8, 4) is 11.5 Å². The molecule has 29 heavy (non-hydrogen) atoms. The van der Waals surface area contributed by atoms with Gasteiger partial charge in [0.25, 0.3) is 5.91 Å². The molecule has 2 aromatic carbocycles. The third kappa shape index (κ3) is 4.26. The van der Waals surface area contributed by atoms with Gasteiger partial charge in [0.1, 0.15) is 13.2 Å². The van der Waals surface area contributed by atoms with Gasteiger partial charge in [-0.05, 0) is 55.3 Å². The minimum Gasteiger partial charge on any atom is -0.486 e. The highest BCUT2D eigenvalue weighted by Gasteiger charge is 2.16. The van der Waals surface area contributed by atoms with E-state index in [-0.39, 0.29) is 5.91 Å². The Morgan fingerprint density at radius 2 is 1.83 bits per heavy atom. The van der Waals surface area contributed by atoms with E-state index < -0.39 is 0 Å². The lowest BCUT2D eigenvalue weighted by Crippen LogP contribution is -2.26. The zero-order valence-corrected chi connectivity index (χ0v) is 17.0. The number of amides is 1. The molecule has 0 unspecified atom stereocenters. The van der Waals surface area contributed by atoms with Gasteiger partial charge in [-0.25, -0.2) is 0 Å². The molecule has 0 fully saturated rings. The average Bonchev–Trinajstić information content (AvgIpc) is 3.04. The Morgan fingerprint density at radius 3 is 2.59 bits per heavy atom. The summed E-state index contributed by atoms with van der Waals surface area (Å²) < 4.78 is 13.2. The van der Waals surface area contributed by atoms with Crippen molar-refractivity contribution in [1.29, 1.82) is 0 Å². The van der Waals surface area contributed by atoms with E-state index in [0.717, 1.165) is 34.0 Å². The molecule has 0 bridgehead atoms. The number of carbonyl (C=O) groups excluding carboxylic acids is 1. The highest BCUT2D eigenvalue weighted by Crippen LogP contribution is 2.31. The summed E-state index contributed by atoms with van der Waals surface area (Å²) in [5.74, 6) is 1.47. The lowest BCUT2D eigenvalue weighted by atomic mass is 10.1. The third-order valence-corrected chi connectivity index (χ3v) is 4.98. The molecule has 0 N–H and O–H groups in total. The topological polar surface area (TPSA) is 56.6 Å². The van der Waals surface area contributed by atoms with Crippen LogP contribution >= 0.6 is 0 Å². The normalized spacial score (nSPS) is 12.7. The number of benzene rings is 2. The number of rotatable bonds is 5. The lowest BCUT2D eigenvalue weighted by Gasteiger charge is -2.21. The van der Waals surface area contributed by atoms with Crippen LogP contribution in [0.4, 0.5) is 0 Å². The summed E-state index contributed by atoms with van der Waals surface area (Å²) in [7, 11) is 1.81. The van der Waals surface area contributed by atoms with E-state index in [4.69, 9.17) is 9.47 Å². The molecule has 6 heteroatoms. The second-order valence-electron chi connectivity index (χ2n) is 7.42. The Kier molecular flexibility index (Phi) is 5.25. The average molecular weight is 391 g/mol. The largest absolute Gasteiger partial charge is 0.486 e. The van der Waals surface area contributed by atoms with Crippen molar-refractivity contribution in [2.75, 3.05) is 20.3 Å². The maximum absolute atomic E-state index is 13.0. The highest BCUT2D eigenvalue weighted by atomic mass is 16.6. The van der Waals surface area contributed by atoms with E-state index in [1.165, 1.54) is 0 Å². The maximum Gasteiger partial charge on any atom is 0.253 e. The maximum atomic E-state index is 13.0. The molecule has 0 saturated carbocycles. The summed E-state index contributed by atoms with van der Waals surface area (Å²) in [6, 6.07) is 15.6. The van der Waals surface area contributed by atoms with E-state index in [2.05, 4.69) is 11.2 Å². The van der Waals surface area contributed by atoms with Crippen LogP contribution < -0.4 is 9.47 Å². The van der Waals surface area contributed by atoms with E-state index in [0.29, 0.717) is 31.9 Å². The SMILES string of the molecule is Cc1cc(C)n(Cc2cccc(C(=O)N(C)Cc3ccc4c(c3)OCCO4)c2)n1. The molecular formula is C23H25N3O3. The second kappa shape index (κ2) is 7.99. The number of nitrogens with zero attached hydrogens (tertiary/aromatic N) is 3. The van der Waals surface area contributed by atoms with E-state index in [9.17, 15) is 4.79 Å². The Morgan fingerprint density at radius 1 is 1.03 bits per heavy atom. The summed E-state index contributed by atoms with van der Waals surface area (Å²) in [6.07, 6.45) is 0. The Hall–Kier alpha value is -3.28. The number of aromatic nitrogens is 2. The van der Waals surface area contributed by atoms with Crippen LogP contribution in [0.25, 0.3) is 0 Å². The number of aryl methyl sites for hydroxylation is 2. The van der Waals surface area contributed by atoms with Gasteiger partial charge in [-0.15, -0.1) is 0 Å². The Balaban J connectivity index is 1.46. The molecular weight excluding hydrogens is 366 g/mol. The van der Waals surface area contributed by atoms with Crippen LogP contribution in [0, 0.1) is 13.8 Å². The number of hydrogen-bond donors (Lipinski definition) is 0. The van der Waals surface area contributed by atoms with Crippen molar-refractivity contribution in [3.63, 3.8) is 0 Å². The molecule has 1 aliphatic heterocycles. The fourth-order valence-corrected chi connectivity index (χ4v) is 3.56. The molecule has 0 atom stereocenters. The molecule has 4 rings (SSSR count). The molecule has 2 heterocycles. The van der Waals surface area contributed by atoms with Crippen LogP contribution in [0.5, 0.6) is 11.5 Å². The highest BCUT2D eigenvalue weighted by molar-refractivity contribution is 5.94. The van der Waals surface area contributed by atoms with Crippen LogP contribution in [0.15, 0.2) is 48.5 Å². The van der Waals surface area contributed by atoms with Gasteiger partial charge in [0.15, 0.2) is 11.5 Å². The minimum atomic E-state index is -0.0184. The van der Waals surface area contributed by atoms with Gasteiger partial charge in [-0.1, -0.05) is 18.2 Å². The molecule has 0 saturated heterocycles. The predicted molar refractivity (Wildman–Crippen MR) is 110 cm³/mol.